The molecule has 0 saturated heterocycles. The number of pyridine rings is 1. The molecule has 1 fully saturated rings. The van der Waals surface area contributed by atoms with E-state index in [2.05, 4.69) is 9.97 Å². The molecule has 0 aliphatic heterocycles. The summed E-state index contributed by atoms with van der Waals surface area (Å²) in [6, 6.07) is 2.02. The molecule has 3 rings (SSSR count). The lowest BCUT2D eigenvalue weighted by atomic mass is 10.1. The largest absolute Gasteiger partial charge is 0.289 e. The predicted molar refractivity (Wildman–Crippen MR) is 77.8 cm³/mol. The van der Waals surface area contributed by atoms with Crippen LogP contribution in [0.15, 0.2) is 22.2 Å². The fraction of sp³-hybridized carbons (Fsp3) is 0.500. The first-order chi connectivity index (χ1) is 9.20. The SMILES string of the molecule is CSc1ncc2c(C)cc(=O)n(C3CCCC3)c2n1. The zero-order valence-corrected chi connectivity index (χ0v) is 12.0. The van der Waals surface area contributed by atoms with Crippen molar-refractivity contribution in [1.82, 2.24) is 14.5 Å². The average Bonchev–Trinajstić information content (AvgIpc) is 2.92. The van der Waals surface area contributed by atoms with Crippen molar-refractivity contribution in [2.75, 3.05) is 6.26 Å². The van der Waals surface area contributed by atoms with Crippen molar-refractivity contribution < 1.29 is 0 Å². The van der Waals surface area contributed by atoms with E-state index < -0.39 is 0 Å². The molecule has 2 aromatic heterocycles. The van der Waals surface area contributed by atoms with Crippen molar-refractivity contribution in [3.63, 3.8) is 0 Å². The molecule has 19 heavy (non-hydrogen) atoms. The maximum atomic E-state index is 12.3. The molecule has 0 aromatic carbocycles. The highest BCUT2D eigenvalue weighted by atomic mass is 32.2. The second-order valence-corrected chi connectivity index (χ2v) is 5.84. The highest BCUT2D eigenvalue weighted by Crippen LogP contribution is 2.31. The molecular weight excluding hydrogens is 258 g/mol. The zero-order valence-electron chi connectivity index (χ0n) is 11.2. The molecule has 4 nitrogen and oxygen atoms in total. The Morgan fingerprint density at radius 2 is 2.11 bits per heavy atom. The Morgan fingerprint density at radius 3 is 2.79 bits per heavy atom. The van der Waals surface area contributed by atoms with Crippen molar-refractivity contribution in [2.45, 2.75) is 43.8 Å². The molecule has 2 heterocycles. The van der Waals surface area contributed by atoms with Gasteiger partial charge in [-0.1, -0.05) is 24.6 Å². The van der Waals surface area contributed by atoms with Gasteiger partial charge in [0.1, 0.15) is 5.65 Å². The van der Waals surface area contributed by atoms with Gasteiger partial charge in [-0.3, -0.25) is 9.36 Å². The minimum atomic E-state index is 0.0719. The van der Waals surface area contributed by atoms with Crippen LogP contribution in [0.3, 0.4) is 0 Å². The van der Waals surface area contributed by atoms with Gasteiger partial charge in [0, 0.05) is 23.7 Å². The van der Waals surface area contributed by atoms with Crippen LogP contribution < -0.4 is 5.56 Å². The Kier molecular flexibility index (Phi) is 3.31. The summed E-state index contributed by atoms with van der Waals surface area (Å²) in [5.41, 5.74) is 1.83. The summed E-state index contributed by atoms with van der Waals surface area (Å²) in [7, 11) is 0. The molecule has 0 N–H and O–H groups in total. The Labute approximate surface area is 116 Å². The van der Waals surface area contributed by atoms with E-state index in [4.69, 9.17) is 0 Å². The fourth-order valence-electron chi connectivity index (χ4n) is 2.87. The normalized spacial score (nSPS) is 16.3. The number of aromatic nitrogens is 3. The van der Waals surface area contributed by atoms with E-state index in [0.29, 0.717) is 6.04 Å². The van der Waals surface area contributed by atoms with Crippen molar-refractivity contribution in [3.8, 4) is 0 Å². The lowest BCUT2D eigenvalue weighted by molar-refractivity contribution is 0.514. The molecule has 1 aliphatic rings. The van der Waals surface area contributed by atoms with E-state index in [1.807, 2.05) is 23.9 Å². The molecule has 0 spiro atoms. The summed E-state index contributed by atoms with van der Waals surface area (Å²) in [4.78, 5) is 21.2. The van der Waals surface area contributed by atoms with Gasteiger partial charge in [0.2, 0.25) is 0 Å². The minimum Gasteiger partial charge on any atom is -0.289 e. The zero-order chi connectivity index (χ0) is 13.4. The molecule has 0 amide bonds. The number of hydrogen-bond acceptors (Lipinski definition) is 4. The second-order valence-electron chi connectivity index (χ2n) is 5.07. The summed E-state index contributed by atoms with van der Waals surface area (Å²) in [5, 5.41) is 1.72. The summed E-state index contributed by atoms with van der Waals surface area (Å²) in [6.45, 7) is 1.95. The number of aryl methyl sites for hydroxylation is 1. The fourth-order valence-corrected chi connectivity index (χ4v) is 3.21. The van der Waals surface area contributed by atoms with Gasteiger partial charge >= 0.3 is 0 Å². The van der Waals surface area contributed by atoms with Crippen molar-refractivity contribution in [1.29, 1.82) is 0 Å². The van der Waals surface area contributed by atoms with Crippen LogP contribution in [0.5, 0.6) is 0 Å². The molecular formula is C14H17N3OS. The van der Waals surface area contributed by atoms with Gasteiger partial charge in [0.15, 0.2) is 5.16 Å². The van der Waals surface area contributed by atoms with Crippen LogP contribution in [0.2, 0.25) is 0 Å². The maximum Gasteiger partial charge on any atom is 0.252 e. The van der Waals surface area contributed by atoms with E-state index in [0.717, 1.165) is 34.6 Å². The second kappa shape index (κ2) is 4.96. The summed E-state index contributed by atoms with van der Waals surface area (Å²) in [6.07, 6.45) is 8.36. The van der Waals surface area contributed by atoms with Gasteiger partial charge in [-0.05, 0) is 31.6 Å². The van der Waals surface area contributed by atoms with Crippen molar-refractivity contribution >= 4 is 22.8 Å². The van der Waals surface area contributed by atoms with Gasteiger partial charge in [0.25, 0.3) is 5.56 Å². The van der Waals surface area contributed by atoms with E-state index in [-0.39, 0.29) is 5.56 Å². The molecule has 2 aromatic rings. The highest BCUT2D eigenvalue weighted by molar-refractivity contribution is 7.98. The van der Waals surface area contributed by atoms with Crippen LogP contribution >= 0.6 is 11.8 Å². The van der Waals surface area contributed by atoms with Gasteiger partial charge < -0.3 is 0 Å². The molecule has 100 valence electrons. The van der Waals surface area contributed by atoms with Crippen LogP contribution in [0, 0.1) is 6.92 Å². The first-order valence-electron chi connectivity index (χ1n) is 6.63. The molecule has 1 saturated carbocycles. The maximum absolute atomic E-state index is 12.3. The average molecular weight is 275 g/mol. The third kappa shape index (κ3) is 2.16. The van der Waals surface area contributed by atoms with Gasteiger partial charge in [0.05, 0.1) is 0 Å². The molecule has 0 radical (unpaired) electrons. The topological polar surface area (TPSA) is 47.8 Å². The Hall–Kier alpha value is -1.36. The van der Waals surface area contributed by atoms with E-state index in [9.17, 15) is 4.79 Å². The molecule has 1 aliphatic carbocycles. The van der Waals surface area contributed by atoms with E-state index in [1.54, 1.807) is 6.07 Å². The number of hydrogen-bond donors (Lipinski definition) is 0. The van der Waals surface area contributed by atoms with Gasteiger partial charge in [-0.25, -0.2) is 9.97 Å². The molecule has 0 bridgehead atoms. The number of rotatable bonds is 2. The van der Waals surface area contributed by atoms with Crippen LogP contribution in [0.1, 0.15) is 37.3 Å². The first-order valence-corrected chi connectivity index (χ1v) is 7.86. The summed E-state index contributed by atoms with van der Waals surface area (Å²) in [5.74, 6) is 0. The van der Waals surface area contributed by atoms with E-state index >= 15 is 0 Å². The molecule has 0 unspecified atom stereocenters. The third-order valence-electron chi connectivity index (χ3n) is 3.85. The molecule has 0 atom stereocenters. The van der Waals surface area contributed by atoms with Crippen LogP contribution in [0.25, 0.3) is 11.0 Å². The van der Waals surface area contributed by atoms with Gasteiger partial charge in [-0.15, -0.1) is 0 Å². The quantitative estimate of drug-likeness (QED) is 0.624. The minimum absolute atomic E-state index is 0.0719. The number of thioether (sulfide) groups is 1. The smallest absolute Gasteiger partial charge is 0.252 e. The summed E-state index contributed by atoms with van der Waals surface area (Å²) < 4.78 is 1.89. The van der Waals surface area contributed by atoms with Crippen molar-refractivity contribution in [2.24, 2.45) is 0 Å². The Balaban J connectivity index is 2.31. The van der Waals surface area contributed by atoms with Crippen LogP contribution in [0.4, 0.5) is 0 Å². The van der Waals surface area contributed by atoms with Gasteiger partial charge in [-0.2, -0.15) is 0 Å². The number of fused-ring (bicyclic) bond motifs is 1. The first kappa shape index (κ1) is 12.7. The summed E-state index contributed by atoms with van der Waals surface area (Å²) >= 11 is 1.51. The monoisotopic (exact) mass is 275 g/mol. The number of nitrogens with zero attached hydrogens (tertiary/aromatic N) is 3. The lowest BCUT2D eigenvalue weighted by Crippen LogP contribution is -2.24. The Bertz CT molecular complexity index is 674. The van der Waals surface area contributed by atoms with Crippen LogP contribution in [-0.2, 0) is 0 Å². The highest BCUT2D eigenvalue weighted by Gasteiger charge is 2.21. The van der Waals surface area contributed by atoms with Crippen molar-refractivity contribution in [3.05, 3.63) is 28.2 Å². The lowest BCUT2D eigenvalue weighted by Gasteiger charge is -2.17. The van der Waals surface area contributed by atoms with Crippen LogP contribution in [-0.4, -0.2) is 20.8 Å². The van der Waals surface area contributed by atoms with E-state index in [1.165, 1.54) is 24.6 Å². The predicted octanol–water partition coefficient (Wildman–Crippen LogP) is 2.94. The Morgan fingerprint density at radius 1 is 1.37 bits per heavy atom. The molecule has 5 heteroatoms. The third-order valence-corrected chi connectivity index (χ3v) is 4.41. The standard InChI is InChI=1S/C14H17N3OS/c1-9-7-12(18)17(10-5-3-4-6-10)13-11(9)8-15-14(16-13)19-2/h7-8,10H,3-6H2,1-2H3.